The van der Waals surface area contributed by atoms with Crippen LogP contribution in [0, 0.1) is 0 Å². The highest BCUT2D eigenvalue weighted by atomic mass is 32.2. The van der Waals surface area contributed by atoms with Gasteiger partial charge < -0.3 is 5.32 Å². The van der Waals surface area contributed by atoms with Crippen LogP contribution in [-0.2, 0) is 0 Å². The van der Waals surface area contributed by atoms with Crippen LogP contribution in [0.2, 0.25) is 0 Å². The standard InChI is InChI=1S/C7H13NS/c1-4-7-5(2)9-6(3)8-7/h6,8H,4H2,1-3H3. The van der Waals surface area contributed by atoms with Gasteiger partial charge in [0.15, 0.2) is 0 Å². The molecule has 1 aliphatic rings. The van der Waals surface area contributed by atoms with E-state index in [-0.39, 0.29) is 0 Å². The third-order valence-electron chi connectivity index (χ3n) is 1.51. The average Bonchev–Trinajstić information content (AvgIpc) is 2.10. The third-order valence-corrected chi connectivity index (χ3v) is 2.58. The molecule has 1 atom stereocenters. The molecule has 1 rings (SSSR count). The van der Waals surface area contributed by atoms with Crippen LogP contribution in [0.4, 0.5) is 0 Å². The summed E-state index contributed by atoms with van der Waals surface area (Å²) in [4.78, 5) is 1.46. The molecular formula is C7H13NS. The topological polar surface area (TPSA) is 12.0 Å². The van der Waals surface area contributed by atoms with Gasteiger partial charge in [-0.15, -0.1) is 11.8 Å². The summed E-state index contributed by atoms with van der Waals surface area (Å²) in [6, 6.07) is 0. The van der Waals surface area contributed by atoms with Crippen LogP contribution < -0.4 is 5.32 Å². The van der Waals surface area contributed by atoms with Crippen molar-refractivity contribution >= 4 is 11.8 Å². The summed E-state index contributed by atoms with van der Waals surface area (Å²) in [6.45, 7) is 6.56. The number of allylic oxidation sites excluding steroid dienone is 2. The van der Waals surface area contributed by atoms with Crippen LogP contribution in [0.25, 0.3) is 0 Å². The lowest BCUT2D eigenvalue weighted by molar-refractivity contribution is 0.780. The van der Waals surface area contributed by atoms with Crippen molar-refractivity contribution in [3.63, 3.8) is 0 Å². The van der Waals surface area contributed by atoms with Crippen molar-refractivity contribution in [3.8, 4) is 0 Å². The first-order chi connectivity index (χ1) is 4.24. The van der Waals surface area contributed by atoms with Gasteiger partial charge in [-0.3, -0.25) is 0 Å². The first kappa shape index (κ1) is 7.00. The van der Waals surface area contributed by atoms with Crippen LogP contribution in [0.15, 0.2) is 10.6 Å². The summed E-state index contributed by atoms with van der Waals surface area (Å²) >= 11 is 1.92. The van der Waals surface area contributed by atoms with Crippen molar-refractivity contribution < 1.29 is 0 Å². The molecule has 2 heteroatoms. The SMILES string of the molecule is CCC1=C(C)SC(C)N1. The fourth-order valence-corrected chi connectivity index (χ4v) is 2.14. The quantitative estimate of drug-likeness (QED) is 0.604. The van der Waals surface area contributed by atoms with Gasteiger partial charge in [-0.2, -0.15) is 0 Å². The highest BCUT2D eigenvalue weighted by Crippen LogP contribution is 2.30. The minimum absolute atomic E-state index is 0.597. The lowest BCUT2D eigenvalue weighted by Crippen LogP contribution is -2.15. The summed E-state index contributed by atoms with van der Waals surface area (Å²) < 4.78 is 0. The zero-order valence-corrected chi connectivity index (χ0v) is 7.01. The molecule has 0 aliphatic carbocycles. The molecule has 0 bridgehead atoms. The Morgan fingerprint density at radius 1 is 1.67 bits per heavy atom. The molecule has 1 nitrogen and oxygen atoms in total. The molecule has 0 fully saturated rings. The van der Waals surface area contributed by atoms with Gasteiger partial charge in [0.2, 0.25) is 0 Å². The Morgan fingerprint density at radius 2 is 2.33 bits per heavy atom. The van der Waals surface area contributed by atoms with Gasteiger partial charge in [0.25, 0.3) is 0 Å². The van der Waals surface area contributed by atoms with E-state index in [0.717, 1.165) is 6.42 Å². The minimum atomic E-state index is 0.597. The Labute approximate surface area is 60.9 Å². The van der Waals surface area contributed by atoms with Crippen LogP contribution in [-0.4, -0.2) is 5.37 Å². The van der Waals surface area contributed by atoms with E-state index >= 15 is 0 Å². The normalized spacial score (nSPS) is 26.8. The van der Waals surface area contributed by atoms with Crippen molar-refractivity contribution in [2.24, 2.45) is 0 Å². The predicted octanol–water partition coefficient (Wildman–Crippen LogP) is 2.31. The molecule has 1 unspecified atom stereocenters. The van der Waals surface area contributed by atoms with E-state index in [0.29, 0.717) is 5.37 Å². The summed E-state index contributed by atoms with van der Waals surface area (Å²) in [5, 5.41) is 3.99. The van der Waals surface area contributed by atoms with Gasteiger partial charge in [-0.25, -0.2) is 0 Å². The van der Waals surface area contributed by atoms with Gasteiger partial charge >= 0.3 is 0 Å². The second-order valence-electron chi connectivity index (χ2n) is 2.29. The number of thioether (sulfide) groups is 1. The number of hydrogen-bond donors (Lipinski definition) is 1. The molecule has 1 N–H and O–H groups in total. The molecule has 0 aromatic heterocycles. The molecule has 1 aliphatic heterocycles. The van der Waals surface area contributed by atoms with Crippen LogP contribution in [0.1, 0.15) is 27.2 Å². The third kappa shape index (κ3) is 1.42. The fourth-order valence-electron chi connectivity index (χ4n) is 1.06. The van der Waals surface area contributed by atoms with E-state index in [9.17, 15) is 0 Å². The van der Waals surface area contributed by atoms with Crippen molar-refractivity contribution in [2.45, 2.75) is 32.6 Å². The molecule has 0 aromatic rings. The Hall–Kier alpha value is -0.110. The van der Waals surface area contributed by atoms with Crippen molar-refractivity contribution in [2.75, 3.05) is 0 Å². The van der Waals surface area contributed by atoms with Gasteiger partial charge in [0.1, 0.15) is 0 Å². The fraction of sp³-hybridized carbons (Fsp3) is 0.714. The second-order valence-corrected chi connectivity index (χ2v) is 3.85. The number of rotatable bonds is 1. The highest BCUT2D eigenvalue weighted by Gasteiger charge is 2.14. The van der Waals surface area contributed by atoms with Gasteiger partial charge in [0, 0.05) is 10.6 Å². The molecule has 9 heavy (non-hydrogen) atoms. The second kappa shape index (κ2) is 2.65. The monoisotopic (exact) mass is 143 g/mol. The summed E-state index contributed by atoms with van der Waals surface area (Å²) in [5.41, 5.74) is 1.42. The maximum Gasteiger partial charge on any atom is 0.0735 e. The Kier molecular flexibility index (Phi) is 2.06. The Bertz CT molecular complexity index is 140. The van der Waals surface area contributed by atoms with E-state index in [4.69, 9.17) is 0 Å². The van der Waals surface area contributed by atoms with Gasteiger partial charge in [-0.05, 0) is 20.3 Å². The Balaban J connectivity index is 2.58. The van der Waals surface area contributed by atoms with Crippen LogP contribution in [0.3, 0.4) is 0 Å². The zero-order chi connectivity index (χ0) is 6.85. The van der Waals surface area contributed by atoms with Crippen molar-refractivity contribution in [1.29, 1.82) is 0 Å². The molecule has 0 saturated carbocycles. The van der Waals surface area contributed by atoms with Crippen LogP contribution in [0.5, 0.6) is 0 Å². The summed E-state index contributed by atoms with van der Waals surface area (Å²) in [6.07, 6.45) is 1.14. The van der Waals surface area contributed by atoms with Crippen molar-refractivity contribution in [1.82, 2.24) is 5.32 Å². The van der Waals surface area contributed by atoms with Crippen molar-refractivity contribution in [3.05, 3.63) is 10.6 Å². The first-order valence-electron chi connectivity index (χ1n) is 3.37. The van der Waals surface area contributed by atoms with E-state index in [1.165, 1.54) is 10.6 Å². The number of nitrogens with one attached hydrogen (secondary N) is 1. The summed E-state index contributed by atoms with van der Waals surface area (Å²) in [7, 11) is 0. The minimum Gasteiger partial charge on any atom is -0.376 e. The molecule has 0 amide bonds. The largest absolute Gasteiger partial charge is 0.376 e. The molecule has 0 saturated heterocycles. The smallest absolute Gasteiger partial charge is 0.0735 e. The first-order valence-corrected chi connectivity index (χ1v) is 4.25. The van der Waals surface area contributed by atoms with Gasteiger partial charge in [-0.1, -0.05) is 6.92 Å². The van der Waals surface area contributed by atoms with Gasteiger partial charge in [0.05, 0.1) is 5.37 Å². The molecule has 0 radical (unpaired) electrons. The highest BCUT2D eigenvalue weighted by molar-refractivity contribution is 8.03. The molecule has 52 valence electrons. The van der Waals surface area contributed by atoms with E-state index in [2.05, 4.69) is 26.1 Å². The maximum absolute atomic E-state index is 3.40. The lowest BCUT2D eigenvalue weighted by Gasteiger charge is -2.03. The predicted molar refractivity (Wildman–Crippen MR) is 43.2 cm³/mol. The summed E-state index contributed by atoms with van der Waals surface area (Å²) in [5.74, 6) is 0. The molecular weight excluding hydrogens is 130 g/mol. The molecule has 0 spiro atoms. The van der Waals surface area contributed by atoms with E-state index in [1.54, 1.807) is 0 Å². The lowest BCUT2D eigenvalue weighted by atomic mass is 10.3. The number of hydrogen-bond acceptors (Lipinski definition) is 2. The zero-order valence-electron chi connectivity index (χ0n) is 6.19. The molecule has 1 heterocycles. The average molecular weight is 143 g/mol. The molecule has 0 aromatic carbocycles. The van der Waals surface area contributed by atoms with Crippen LogP contribution >= 0.6 is 11.8 Å². The Morgan fingerprint density at radius 3 is 2.56 bits per heavy atom. The maximum atomic E-state index is 3.40. The van der Waals surface area contributed by atoms with E-state index < -0.39 is 0 Å². The van der Waals surface area contributed by atoms with E-state index in [1.807, 2.05) is 11.8 Å².